The number of hydrogen-bond acceptors (Lipinski definition) is 4. The number of ketones is 1. The lowest BCUT2D eigenvalue weighted by molar-refractivity contribution is -0.108. The van der Waals surface area contributed by atoms with E-state index in [0.29, 0.717) is 17.0 Å². The molecule has 0 spiro atoms. The Hall–Kier alpha value is -2.30. The maximum atomic E-state index is 12.4. The molecule has 1 aliphatic rings. The fraction of sp³-hybridized carbons (Fsp3) is 0.0588. The van der Waals surface area contributed by atoms with E-state index in [1.165, 1.54) is 25.3 Å². The maximum absolute atomic E-state index is 12.4. The lowest BCUT2D eigenvalue weighted by atomic mass is 9.93. The van der Waals surface area contributed by atoms with Crippen molar-refractivity contribution >= 4 is 46.1 Å². The summed E-state index contributed by atoms with van der Waals surface area (Å²) in [4.78, 5) is 16.7. The van der Waals surface area contributed by atoms with E-state index in [4.69, 9.17) is 27.9 Å². The normalized spacial score (nSPS) is 15.3. The van der Waals surface area contributed by atoms with Crippen LogP contribution < -0.4 is 0 Å². The van der Waals surface area contributed by atoms with Gasteiger partial charge in [0.15, 0.2) is 5.75 Å². The minimum atomic E-state index is -0.277. The van der Waals surface area contributed by atoms with Gasteiger partial charge in [-0.15, -0.1) is 0 Å². The number of allylic oxidation sites excluding steroid dienone is 1. The van der Waals surface area contributed by atoms with Crippen LogP contribution in [0.5, 0.6) is 5.75 Å². The second-order valence-electron chi connectivity index (χ2n) is 4.84. The van der Waals surface area contributed by atoms with E-state index >= 15 is 0 Å². The second kappa shape index (κ2) is 6.07. The Balaban J connectivity index is 2.17. The number of carbonyl (C=O) groups is 1. The molecule has 0 fully saturated rings. The van der Waals surface area contributed by atoms with E-state index in [-0.39, 0.29) is 27.3 Å². The van der Waals surface area contributed by atoms with E-state index in [1.807, 2.05) is 18.2 Å². The van der Waals surface area contributed by atoms with Crippen LogP contribution in [0.2, 0.25) is 10.0 Å². The number of hydrogen-bond donors (Lipinski definition) is 1. The number of phenolic OH excluding ortho intramolecular Hbond substituents is 1. The van der Waals surface area contributed by atoms with Gasteiger partial charge < -0.3 is 9.84 Å². The van der Waals surface area contributed by atoms with Gasteiger partial charge in [0.05, 0.1) is 22.8 Å². The molecule has 116 valence electrons. The van der Waals surface area contributed by atoms with Crippen LogP contribution in [-0.4, -0.2) is 23.7 Å². The van der Waals surface area contributed by atoms with Gasteiger partial charge >= 0.3 is 0 Å². The summed E-state index contributed by atoms with van der Waals surface area (Å²) in [6.07, 6.45) is 1.39. The highest BCUT2D eigenvalue weighted by Gasteiger charge is 2.24. The van der Waals surface area contributed by atoms with Crippen molar-refractivity contribution < 1.29 is 14.6 Å². The first kappa shape index (κ1) is 15.6. The van der Waals surface area contributed by atoms with Crippen LogP contribution in [-0.2, 0) is 9.53 Å². The van der Waals surface area contributed by atoms with Crippen molar-refractivity contribution in [1.29, 1.82) is 0 Å². The van der Waals surface area contributed by atoms with E-state index in [9.17, 15) is 9.90 Å². The summed E-state index contributed by atoms with van der Waals surface area (Å²) in [5.41, 5.74) is 2.09. The third-order valence-electron chi connectivity index (χ3n) is 3.41. The van der Waals surface area contributed by atoms with Gasteiger partial charge in [-0.25, -0.2) is 4.99 Å². The number of ether oxygens (including phenoxy) is 1. The molecule has 2 aromatic rings. The molecule has 1 aliphatic carbocycles. The second-order valence-corrected chi connectivity index (χ2v) is 5.66. The monoisotopic (exact) mass is 347 g/mol. The minimum Gasteiger partial charge on any atom is -0.505 e. The van der Waals surface area contributed by atoms with E-state index < -0.39 is 0 Å². The first-order valence-corrected chi connectivity index (χ1v) is 7.43. The van der Waals surface area contributed by atoms with Crippen molar-refractivity contribution in [3.8, 4) is 5.75 Å². The van der Waals surface area contributed by atoms with Gasteiger partial charge in [0.2, 0.25) is 5.78 Å². The molecule has 0 saturated carbocycles. The van der Waals surface area contributed by atoms with Crippen molar-refractivity contribution in [3.63, 3.8) is 0 Å². The quantitative estimate of drug-likeness (QED) is 0.876. The van der Waals surface area contributed by atoms with Gasteiger partial charge in [0.1, 0.15) is 11.5 Å². The highest BCUT2D eigenvalue weighted by molar-refractivity contribution is 6.53. The SMILES string of the molecule is COC1=CC(=O)C(=Nc2cc(Cl)c(O)c(Cl)c2)c2ccccc21. The number of halogens is 2. The lowest BCUT2D eigenvalue weighted by Gasteiger charge is -2.17. The van der Waals surface area contributed by atoms with Crippen molar-refractivity contribution in [2.75, 3.05) is 7.11 Å². The number of fused-ring (bicyclic) bond motifs is 1. The average Bonchev–Trinajstić information content (AvgIpc) is 2.54. The number of benzene rings is 2. The zero-order valence-corrected chi connectivity index (χ0v) is 13.5. The number of aromatic hydroxyl groups is 1. The first-order valence-electron chi connectivity index (χ1n) is 6.67. The predicted octanol–water partition coefficient (Wildman–Crippen LogP) is 4.39. The molecule has 0 radical (unpaired) electrons. The largest absolute Gasteiger partial charge is 0.505 e. The molecule has 0 atom stereocenters. The van der Waals surface area contributed by atoms with Gasteiger partial charge in [-0.3, -0.25) is 4.79 Å². The highest BCUT2D eigenvalue weighted by Crippen LogP contribution is 2.36. The fourth-order valence-corrected chi connectivity index (χ4v) is 2.81. The smallest absolute Gasteiger partial charge is 0.208 e. The summed E-state index contributed by atoms with van der Waals surface area (Å²) in [5, 5.41) is 9.75. The van der Waals surface area contributed by atoms with Gasteiger partial charge in [0, 0.05) is 17.2 Å². The molecule has 0 heterocycles. The summed E-state index contributed by atoms with van der Waals surface area (Å²) in [6.45, 7) is 0. The Labute approximate surface area is 142 Å². The number of rotatable bonds is 2. The Kier molecular flexibility index (Phi) is 4.11. The Morgan fingerprint density at radius 2 is 1.70 bits per heavy atom. The summed E-state index contributed by atoms with van der Waals surface area (Å²) in [5.74, 6) is 0.00131. The van der Waals surface area contributed by atoms with Gasteiger partial charge in [-0.05, 0) is 12.1 Å². The van der Waals surface area contributed by atoms with E-state index in [0.717, 1.165) is 5.56 Å². The molecular formula is C17H11Cl2NO3. The minimum absolute atomic E-state index is 0.0708. The number of nitrogens with zero attached hydrogens (tertiary/aromatic N) is 1. The van der Waals surface area contributed by atoms with Crippen LogP contribution in [0.3, 0.4) is 0 Å². The van der Waals surface area contributed by atoms with Gasteiger partial charge in [-0.2, -0.15) is 0 Å². The zero-order chi connectivity index (χ0) is 16.6. The van der Waals surface area contributed by atoms with Crippen LogP contribution in [0.4, 0.5) is 5.69 Å². The molecule has 2 aromatic carbocycles. The number of methoxy groups -OCH3 is 1. The van der Waals surface area contributed by atoms with E-state index in [2.05, 4.69) is 4.99 Å². The highest BCUT2D eigenvalue weighted by atomic mass is 35.5. The third kappa shape index (κ3) is 2.83. The zero-order valence-electron chi connectivity index (χ0n) is 12.0. The average molecular weight is 348 g/mol. The molecule has 3 rings (SSSR count). The molecule has 0 aromatic heterocycles. The van der Waals surface area contributed by atoms with Crippen molar-refractivity contribution in [2.24, 2.45) is 4.99 Å². The molecule has 0 aliphatic heterocycles. The number of phenols is 1. The summed E-state index contributed by atoms with van der Waals surface area (Å²) in [7, 11) is 1.51. The van der Waals surface area contributed by atoms with Gasteiger partial charge in [0.25, 0.3) is 0 Å². The Bertz CT molecular complexity index is 849. The summed E-state index contributed by atoms with van der Waals surface area (Å²) in [6, 6.07) is 10.2. The van der Waals surface area contributed by atoms with Crippen molar-refractivity contribution in [1.82, 2.24) is 0 Å². The number of carbonyl (C=O) groups excluding carboxylic acids is 1. The van der Waals surface area contributed by atoms with Crippen LogP contribution in [0.25, 0.3) is 5.76 Å². The molecule has 1 N–H and O–H groups in total. The number of aliphatic imine (C=N–C) groups is 1. The Morgan fingerprint density at radius 1 is 1.09 bits per heavy atom. The van der Waals surface area contributed by atoms with Crippen LogP contribution >= 0.6 is 23.2 Å². The topological polar surface area (TPSA) is 58.9 Å². The fourth-order valence-electron chi connectivity index (χ4n) is 2.33. The molecule has 4 nitrogen and oxygen atoms in total. The molecule has 0 bridgehead atoms. The summed E-state index contributed by atoms with van der Waals surface area (Å²) >= 11 is 11.8. The molecule has 0 saturated heterocycles. The van der Waals surface area contributed by atoms with Crippen molar-refractivity contribution in [2.45, 2.75) is 0 Å². The van der Waals surface area contributed by atoms with Crippen molar-refractivity contribution in [3.05, 3.63) is 63.6 Å². The third-order valence-corrected chi connectivity index (χ3v) is 3.98. The molecule has 6 heteroatoms. The lowest BCUT2D eigenvalue weighted by Crippen LogP contribution is -2.20. The standard InChI is InChI=1S/C17H11Cl2NO3/c1-23-15-8-14(21)16(11-5-3-2-4-10(11)15)20-9-6-12(18)17(22)13(19)7-9/h2-8,22H,1H3. The Morgan fingerprint density at radius 3 is 2.30 bits per heavy atom. The van der Waals surface area contributed by atoms with E-state index in [1.54, 1.807) is 6.07 Å². The molecule has 0 amide bonds. The molecule has 0 unspecified atom stereocenters. The first-order chi connectivity index (χ1) is 11.0. The maximum Gasteiger partial charge on any atom is 0.208 e. The molecule has 23 heavy (non-hydrogen) atoms. The van der Waals surface area contributed by atoms with Crippen LogP contribution in [0, 0.1) is 0 Å². The van der Waals surface area contributed by atoms with Crippen LogP contribution in [0.15, 0.2) is 47.5 Å². The summed E-state index contributed by atoms with van der Waals surface area (Å²) < 4.78 is 5.25. The molecular weight excluding hydrogens is 337 g/mol. The van der Waals surface area contributed by atoms with Crippen LogP contribution in [0.1, 0.15) is 11.1 Å². The van der Waals surface area contributed by atoms with Gasteiger partial charge in [-0.1, -0.05) is 47.5 Å². The predicted molar refractivity (Wildman–Crippen MR) is 90.8 cm³/mol.